The third-order valence-corrected chi connectivity index (χ3v) is 3.26. The van der Waals surface area contributed by atoms with Crippen molar-refractivity contribution in [1.82, 2.24) is 20.2 Å². The second-order valence-electron chi connectivity index (χ2n) is 4.80. The number of amides is 1. The van der Waals surface area contributed by atoms with E-state index < -0.39 is 5.91 Å². The lowest BCUT2D eigenvalue weighted by Gasteiger charge is -2.06. The van der Waals surface area contributed by atoms with Crippen molar-refractivity contribution < 1.29 is 4.79 Å². The van der Waals surface area contributed by atoms with Gasteiger partial charge >= 0.3 is 0 Å². The van der Waals surface area contributed by atoms with Crippen LogP contribution in [0, 0.1) is 0 Å². The van der Waals surface area contributed by atoms with Crippen LogP contribution in [0.4, 0.5) is 0 Å². The molecule has 114 valence electrons. The zero-order valence-electron chi connectivity index (χ0n) is 12.3. The van der Waals surface area contributed by atoms with Crippen LogP contribution < -0.4 is 11.0 Å². The number of hydrazone groups is 1. The quantitative estimate of drug-likeness (QED) is 0.579. The number of aryl methyl sites for hydroxylation is 1. The molecule has 3 rings (SSSR count). The molecule has 2 aromatic heterocycles. The molecule has 7 nitrogen and oxygen atoms in total. The summed E-state index contributed by atoms with van der Waals surface area (Å²) in [6, 6.07) is 10.4. The molecule has 3 aromatic rings. The first-order valence-electron chi connectivity index (χ1n) is 6.86. The molecule has 7 heteroatoms. The summed E-state index contributed by atoms with van der Waals surface area (Å²) in [4.78, 5) is 28.2. The maximum Gasteiger partial charge on any atom is 0.292 e. The zero-order valence-corrected chi connectivity index (χ0v) is 12.3. The Kier molecular flexibility index (Phi) is 3.92. The Balaban J connectivity index is 1.91. The summed E-state index contributed by atoms with van der Waals surface area (Å²) in [5.74, 6) is -0.484. The van der Waals surface area contributed by atoms with E-state index in [0.717, 1.165) is 10.2 Å². The number of fused-ring (bicyclic) bond motifs is 1. The maximum atomic E-state index is 12.3. The summed E-state index contributed by atoms with van der Waals surface area (Å²) in [5, 5.41) is 8.86. The molecule has 0 saturated carbocycles. The highest BCUT2D eigenvalue weighted by molar-refractivity contribution is 6.04. The van der Waals surface area contributed by atoms with Crippen molar-refractivity contribution in [2.75, 3.05) is 0 Å². The fourth-order valence-corrected chi connectivity index (χ4v) is 2.14. The smallest absolute Gasteiger partial charge is 0.267 e. The van der Waals surface area contributed by atoms with Crippen molar-refractivity contribution in [3.8, 4) is 0 Å². The van der Waals surface area contributed by atoms with Gasteiger partial charge in [0.1, 0.15) is 0 Å². The molecule has 0 saturated heterocycles. The van der Waals surface area contributed by atoms with Gasteiger partial charge in [-0.2, -0.15) is 10.2 Å². The molecule has 0 aliphatic rings. The van der Waals surface area contributed by atoms with Gasteiger partial charge in [-0.15, -0.1) is 0 Å². The van der Waals surface area contributed by atoms with Gasteiger partial charge in [-0.3, -0.25) is 14.6 Å². The van der Waals surface area contributed by atoms with E-state index in [0.29, 0.717) is 10.8 Å². The van der Waals surface area contributed by atoms with Crippen molar-refractivity contribution in [1.29, 1.82) is 0 Å². The second-order valence-corrected chi connectivity index (χ2v) is 4.80. The fourth-order valence-electron chi connectivity index (χ4n) is 2.14. The molecule has 0 aliphatic heterocycles. The normalized spacial score (nSPS) is 11.0. The first-order chi connectivity index (χ1) is 11.2. The molecule has 1 aromatic carbocycles. The molecule has 0 atom stereocenters. The van der Waals surface area contributed by atoms with Crippen LogP contribution in [0.25, 0.3) is 10.8 Å². The van der Waals surface area contributed by atoms with Gasteiger partial charge in [-0.1, -0.05) is 18.2 Å². The van der Waals surface area contributed by atoms with E-state index >= 15 is 0 Å². The van der Waals surface area contributed by atoms with Crippen molar-refractivity contribution in [3.05, 3.63) is 70.4 Å². The van der Waals surface area contributed by atoms with Crippen LogP contribution in [-0.2, 0) is 7.05 Å². The first kappa shape index (κ1) is 14.6. The average molecular weight is 307 g/mol. The number of benzene rings is 1. The molecule has 0 spiro atoms. The van der Waals surface area contributed by atoms with Gasteiger partial charge in [-0.05, 0) is 23.8 Å². The monoisotopic (exact) mass is 307 g/mol. The fraction of sp³-hybridized carbons (Fsp3) is 0.0625. The molecule has 0 unspecified atom stereocenters. The second kappa shape index (κ2) is 6.18. The number of pyridine rings is 1. The number of rotatable bonds is 3. The van der Waals surface area contributed by atoms with E-state index in [1.807, 2.05) is 0 Å². The highest BCUT2D eigenvalue weighted by Crippen LogP contribution is 2.12. The van der Waals surface area contributed by atoms with Crippen LogP contribution in [0.15, 0.2) is 58.7 Å². The van der Waals surface area contributed by atoms with E-state index in [1.165, 1.54) is 13.3 Å². The predicted octanol–water partition coefficient (Wildman–Crippen LogP) is 1.09. The summed E-state index contributed by atoms with van der Waals surface area (Å²) in [7, 11) is 1.51. The van der Waals surface area contributed by atoms with Gasteiger partial charge in [0.15, 0.2) is 5.69 Å². The van der Waals surface area contributed by atoms with E-state index in [9.17, 15) is 9.59 Å². The van der Waals surface area contributed by atoms with Gasteiger partial charge < -0.3 is 0 Å². The molecule has 23 heavy (non-hydrogen) atoms. The van der Waals surface area contributed by atoms with Crippen LogP contribution in [0.2, 0.25) is 0 Å². The minimum absolute atomic E-state index is 0.148. The molecule has 1 amide bonds. The molecule has 0 fully saturated rings. The Labute approximate surface area is 131 Å². The van der Waals surface area contributed by atoms with E-state index in [1.54, 1.807) is 48.8 Å². The Morgan fingerprint density at radius 2 is 1.87 bits per heavy atom. The van der Waals surface area contributed by atoms with Crippen molar-refractivity contribution in [2.24, 2.45) is 12.1 Å². The first-order valence-corrected chi connectivity index (χ1v) is 6.86. The number of carbonyl (C=O) groups excluding carboxylic acids is 1. The Bertz CT molecular complexity index is 948. The lowest BCUT2D eigenvalue weighted by atomic mass is 10.1. The van der Waals surface area contributed by atoms with Gasteiger partial charge in [0.2, 0.25) is 0 Å². The molecule has 0 bridgehead atoms. The minimum Gasteiger partial charge on any atom is -0.267 e. The van der Waals surface area contributed by atoms with Gasteiger partial charge in [0.05, 0.1) is 11.6 Å². The van der Waals surface area contributed by atoms with Crippen molar-refractivity contribution in [3.63, 3.8) is 0 Å². The van der Waals surface area contributed by atoms with Crippen LogP contribution in [0.1, 0.15) is 16.1 Å². The van der Waals surface area contributed by atoms with Crippen LogP contribution in [-0.4, -0.2) is 26.9 Å². The molecule has 0 radical (unpaired) electrons. The number of aromatic nitrogens is 3. The number of nitrogens with one attached hydrogen (secondary N) is 1. The summed E-state index contributed by atoms with van der Waals surface area (Å²) in [6.45, 7) is 0. The lowest BCUT2D eigenvalue weighted by molar-refractivity contribution is 0.0950. The van der Waals surface area contributed by atoms with Gasteiger partial charge in [-0.25, -0.2) is 10.1 Å². The van der Waals surface area contributed by atoms with Gasteiger partial charge in [0, 0.05) is 24.8 Å². The third-order valence-electron chi connectivity index (χ3n) is 3.26. The van der Waals surface area contributed by atoms with E-state index in [4.69, 9.17) is 0 Å². The van der Waals surface area contributed by atoms with Gasteiger partial charge in [0.25, 0.3) is 11.5 Å². The largest absolute Gasteiger partial charge is 0.292 e. The molecule has 0 aliphatic carbocycles. The number of hydrogen-bond acceptors (Lipinski definition) is 5. The molecular formula is C16H13N5O2. The van der Waals surface area contributed by atoms with Crippen molar-refractivity contribution in [2.45, 2.75) is 0 Å². The highest BCUT2D eigenvalue weighted by atomic mass is 16.2. The summed E-state index contributed by atoms with van der Waals surface area (Å²) >= 11 is 0. The number of hydrogen-bond donors (Lipinski definition) is 1. The summed E-state index contributed by atoms with van der Waals surface area (Å²) in [6.07, 6.45) is 4.76. The molecular weight excluding hydrogens is 294 g/mol. The Morgan fingerprint density at radius 1 is 1.17 bits per heavy atom. The topological polar surface area (TPSA) is 89.2 Å². The molecule has 1 N–H and O–H groups in total. The Morgan fingerprint density at radius 3 is 2.61 bits per heavy atom. The number of nitrogens with zero attached hydrogens (tertiary/aromatic N) is 4. The van der Waals surface area contributed by atoms with Crippen LogP contribution in [0.5, 0.6) is 0 Å². The lowest BCUT2D eigenvalue weighted by Crippen LogP contribution is -2.27. The SMILES string of the molecule is Cn1nc(C(=O)N/N=C/c2ccncc2)c2ccccc2c1=O. The molecule has 2 heterocycles. The highest BCUT2D eigenvalue weighted by Gasteiger charge is 2.14. The minimum atomic E-state index is -0.484. The summed E-state index contributed by atoms with van der Waals surface area (Å²) < 4.78 is 1.14. The summed E-state index contributed by atoms with van der Waals surface area (Å²) in [5.41, 5.74) is 3.12. The van der Waals surface area contributed by atoms with Crippen molar-refractivity contribution >= 4 is 22.9 Å². The predicted molar refractivity (Wildman–Crippen MR) is 86.3 cm³/mol. The van der Waals surface area contributed by atoms with E-state index in [2.05, 4.69) is 20.6 Å². The number of carbonyl (C=O) groups is 1. The maximum absolute atomic E-state index is 12.3. The third kappa shape index (κ3) is 2.98. The van der Waals surface area contributed by atoms with Crippen LogP contribution >= 0.6 is 0 Å². The van der Waals surface area contributed by atoms with E-state index in [-0.39, 0.29) is 11.3 Å². The Hall–Kier alpha value is -3.35. The zero-order chi connectivity index (χ0) is 16.2. The van der Waals surface area contributed by atoms with Crippen LogP contribution in [0.3, 0.4) is 0 Å². The average Bonchev–Trinajstić information content (AvgIpc) is 2.59. The standard InChI is InChI=1S/C16H13N5O2/c1-21-16(23)13-5-3-2-4-12(13)14(20-21)15(22)19-18-10-11-6-8-17-9-7-11/h2-10H,1H3,(H,19,22)/b18-10+.